The average Bonchev–Trinajstić information content (AvgIpc) is 2.75. The second-order valence-corrected chi connectivity index (χ2v) is 6.39. The zero-order chi connectivity index (χ0) is 19.3. The van der Waals surface area contributed by atoms with Crippen LogP contribution in [0.3, 0.4) is 0 Å². The fraction of sp³-hybridized carbons (Fsp3) is 0.130. The van der Waals surface area contributed by atoms with Crippen molar-refractivity contribution in [3.05, 3.63) is 90.4 Å². The van der Waals surface area contributed by atoms with E-state index in [9.17, 15) is 5.11 Å². The molecule has 140 valence electrons. The molecular weight excluding hydrogens is 350 g/mol. The van der Waals surface area contributed by atoms with E-state index in [0.29, 0.717) is 12.1 Å². The molecule has 1 atom stereocenters. The second kappa shape index (κ2) is 7.96. The first-order chi connectivity index (χ1) is 13.8. The van der Waals surface area contributed by atoms with E-state index in [1.165, 1.54) is 0 Å². The van der Waals surface area contributed by atoms with Crippen LogP contribution in [0.15, 0.2) is 79.3 Å². The quantitative estimate of drug-likeness (QED) is 0.503. The lowest BCUT2D eigenvalue weighted by atomic mass is 9.96. The summed E-state index contributed by atoms with van der Waals surface area (Å²) in [5, 5.41) is 15.4. The van der Waals surface area contributed by atoms with Crippen LogP contribution in [0.2, 0.25) is 0 Å². The van der Waals surface area contributed by atoms with Crippen LogP contribution in [-0.2, 0) is 0 Å². The van der Waals surface area contributed by atoms with E-state index < -0.39 is 0 Å². The number of fused-ring (bicyclic) bond motifs is 1. The van der Waals surface area contributed by atoms with Crippen molar-refractivity contribution in [3.63, 3.8) is 0 Å². The fourth-order valence-corrected chi connectivity index (χ4v) is 3.26. The molecule has 0 radical (unpaired) electrons. The molecule has 0 saturated heterocycles. The zero-order valence-electron chi connectivity index (χ0n) is 15.5. The SMILES string of the molecule is CCOc1ccc(N[C@@H](c2ccncc2)c2ccc3cccnc3c2O)cc1. The third kappa shape index (κ3) is 3.60. The molecule has 0 unspecified atom stereocenters. The van der Waals surface area contributed by atoms with E-state index in [1.807, 2.05) is 67.6 Å². The smallest absolute Gasteiger partial charge is 0.147 e. The predicted octanol–water partition coefficient (Wildman–Crippen LogP) is 4.94. The maximum Gasteiger partial charge on any atom is 0.147 e. The van der Waals surface area contributed by atoms with Crippen molar-refractivity contribution < 1.29 is 9.84 Å². The highest BCUT2D eigenvalue weighted by Crippen LogP contribution is 2.36. The van der Waals surface area contributed by atoms with E-state index in [0.717, 1.165) is 28.0 Å². The maximum absolute atomic E-state index is 10.9. The minimum Gasteiger partial charge on any atom is -0.505 e. The van der Waals surface area contributed by atoms with Crippen LogP contribution >= 0.6 is 0 Å². The molecule has 0 spiro atoms. The number of pyridine rings is 2. The van der Waals surface area contributed by atoms with Crippen LogP contribution in [0.4, 0.5) is 5.69 Å². The highest BCUT2D eigenvalue weighted by atomic mass is 16.5. The third-order valence-electron chi connectivity index (χ3n) is 4.61. The van der Waals surface area contributed by atoms with Gasteiger partial charge in [-0.3, -0.25) is 9.97 Å². The molecule has 0 aliphatic heterocycles. The van der Waals surface area contributed by atoms with Crippen molar-refractivity contribution in [3.8, 4) is 11.5 Å². The highest BCUT2D eigenvalue weighted by Gasteiger charge is 2.20. The number of aromatic hydroxyl groups is 1. The third-order valence-corrected chi connectivity index (χ3v) is 4.61. The first-order valence-electron chi connectivity index (χ1n) is 9.22. The Kier molecular flexibility index (Phi) is 5.06. The Hall–Kier alpha value is -3.60. The summed E-state index contributed by atoms with van der Waals surface area (Å²) in [5.41, 5.74) is 3.26. The van der Waals surface area contributed by atoms with Gasteiger partial charge in [0.2, 0.25) is 0 Å². The Morgan fingerprint density at radius 1 is 0.964 bits per heavy atom. The molecule has 4 rings (SSSR count). The van der Waals surface area contributed by atoms with Gasteiger partial charge in [0.1, 0.15) is 17.0 Å². The van der Waals surface area contributed by atoms with Gasteiger partial charge in [-0.25, -0.2) is 0 Å². The summed E-state index contributed by atoms with van der Waals surface area (Å²) in [6.07, 6.45) is 5.18. The number of benzene rings is 2. The van der Waals surface area contributed by atoms with Gasteiger partial charge >= 0.3 is 0 Å². The van der Waals surface area contributed by atoms with Gasteiger partial charge in [-0.05, 0) is 55.0 Å². The van der Waals surface area contributed by atoms with Gasteiger partial charge in [0.05, 0.1) is 12.6 Å². The molecule has 2 N–H and O–H groups in total. The van der Waals surface area contributed by atoms with Crippen molar-refractivity contribution in [2.45, 2.75) is 13.0 Å². The van der Waals surface area contributed by atoms with Gasteiger partial charge in [-0.15, -0.1) is 0 Å². The average molecular weight is 371 g/mol. The Morgan fingerprint density at radius 2 is 1.75 bits per heavy atom. The number of aromatic nitrogens is 2. The van der Waals surface area contributed by atoms with Gasteiger partial charge in [0, 0.05) is 35.2 Å². The van der Waals surface area contributed by atoms with Crippen molar-refractivity contribution in [2.75, 3.05) is 11.9 Å². The molecule has 0 aliphatic rings. The lowest BCUT2D eigenvalue weighted by Gasteiger charge is -2.22. The first kappa shape index (κ1) is 17.8. The van der Waals surface area contributed by atoms with Crippen LogP contribution in [0.1, 0.15) is 24.1 Å². The van der Waals surface area contributed by atoms with Crippen molar-refractivity contribution in [1.29, 1.82) is 0 Å². The van der Waals surface area contributed by atoms with Gasteiger partial charge in [0.25, 0.3) is 0 Å². The number of hydrogen-bond acceptors (Lipinski definition) is 5. The molecule has 4 aromatic rings. The van der Waals surface area contributed by atoms with E-state index in [4.69, 9.17) is 4.74 Å². The summed E-state index contributed by atoms with van der Waals surface area (Å²) in [6.45, 7) is 2.59. The van der Waals surface area contributed by atoms with Crippen LogP contribution in [0.5, 0.6) is 11.5 Å². The summed E-state index contributed by atoms with van der Waals surface area (Å²) in [7, 11) is 0. The summed E-state index contributed by atoms with van der Waals surface area (Å²) in [4.78, 5) is 8.46. The molecule has 28 heavy (non-hydrogen) atoms. The lowest BCUT2D eigenvalue weighted by Crippen LogP contribution is -2.13. The molecule has 2 aromatic heterocycles. The normalized spacial score (nSPS) is 11.9. The van der Waals surface area contributed by atoms with Gasteiger partial charge < -0.3 is 15.2 Å². The van der Waals surface area contributed by atoms with E-state index >= 15 is 0 Å². The second-order valence-electron chi connectivity index (χ2n) is 6.39. The Bertz CT molecular complexity index is 1070. The highest BCUT2D eigenvalue weighted by molar-refractivity contribution is 5.86. The molecule has 0 aliphatic carbocycles. The van der Waals surface area contributed by atoms with Gasteiger partial charge in [-0.2, -0.15) is 0 Å². The molecular formula is C23H21N3O2. The molecule has 0 amide bonds. The van der Waals surface area contributed by atoms with Crippen LogP contribution in [0.25, 0.3) is 10.9 Å². The van der Waals surface area contributed by atoms with E-state index in [-0.39, 0.29) is 11.8 Å². The van der Waals surface area contributed by atoms with Crippen molar-refractivity contribution >= 4 is 16.6 Å². The first-order valence-corrected chi connectivity index (χ1v) is 9.22. The van der Waals surface area contributed by atoms with E-state index in [2.05, 4.69) is 15.3 Å². The predicted molar refractivity (Wildman–Crippen MR) is 111 cm³/mol. The molecule has 0 saturated carbocycles. The monoisotopic (exact) mass is 371 g/mol. The molecule has 2 aromatic carbocycles. The molecule has 5 nitrogen and oxygen atoms in total. The Labute approximate surface area is 163 Å². The summed E-state index contributed by atoms with van der Waals surface area (Å²) < 4.78 is 5.52. The summed E-state index contributed by atoms with van der Waals surface area (Å²) >= 11 is 0. The Balaban J connectivity index is 1.75. The summed E-state index contributed by atoms with van der Waals surface area (Å²) in [6, 6.07) is 19.1. The topological polar surface area (TPSA) is 67.3 Å². The number of nitrogens with one attached hydrogen (secondary N) is 1. The van der Waals surface area contributed by atoms with Crippen LogP contribution in [-0.4, -0.2) is 21.7 Å². The molecule has 5 heteroatoms. The summed E-state index contributed by atoms with van der Waals surface area (Å²) in [5.74, 6) is 1.00. The minimum absolute atomic E-state index is 0.179. The van der Waals surface area contributed by atoms with Gasteiger partial charge in [-0.1, -0.05) is 18.2 Å². The number of nitrogens with zero attached hydrogens (tertiary/aromatic N) is 2. The van der Waals surface area contributed by atoms with Crippen molar-refractivity contribution in [1.82, 2.24) is 9.97 Å². The van der Waals surface area contributed by atoms with Crippen molar-refractivity contribution in [2.24, 2.45) is 0 Å². The maximum atomic E-state index is 10.9. The van der Waals surface area contributed by atoms with Crippen LogP contribution in [0, 0.1) is 0 Å². The number of ether oxygens (including phenoxy) is 1. The minimum atomic E-state index is -0.257. The molecule has 2 heterocycles. The number of phenolic OH excluding ortho intramolecular Hbond substituents is 1. The largest absolute Gasteiger partial charge is 0.505 e. The molecule has 0 fully saturated rings. The fourth-order valence-electron chi connectivity index (χ4n) is 3.26. The number of hydrogen-bond donors (Lipinski definition) is 2. The van der Waals surface area contributed by atoms with E-state index in [1.54, 1.807) is 18.6 Å². The number of anilines is 1. The number of phenols is 1. The Morgan fingerprint density at radius 3 is 2.50 bits per heavy atom. The lowest BCUT2D eigenvalue weighted by molar-refractivity contribution is 0.340. The van der Waals surface area contributed by atoms with Gasteiger partial charge in [0.15, 0.2) is 0 Å². The van der Waals surface area contributed by atoms with Crippen LogP contribution < -0.4 is 10.1 Å². The standard InChI is InChI=1S/C23H21N3O2/c1-2-28-19-8-6-18(7-9-19)26-21(17-11-14-24-15-12-17)20-10-5-16-4-3-13-25-22(16)23(20)27/h3-15,21,26-27H,2H2,1H3/t21-/m0/s1. The zero-order valence-corrected chi connectivity index (χ0v) is 15.5. The molecule has 0 bridgehead atoms. The number of rotatable bonds is 6.